The maximum atomic E-state index is 4.43. The Balaban J connectivity index is 1.53. The van der Waals surface area contributed by atoms with Gasteiger partial charge in [-0.15, -0.1) is 0 Å². The van der Waals surface area contributed by atoms with Crippen LogP contribution in [0.25, 0.3) is 6.08 Å². The summed E-state index contributed by atoms with van der Waals surface area (Å²) in [6.07, 6.45) is 7.39. The summed E-state index contributed by atoms with van der Waals surface area (Å²) in [5.41, 5.74) is 2.87. The number of guanidine groups is 1. The van der Waals surface area contributed by atoms with E-state index in [0.29, 0.717) is 0 Å². The summed E-state index contributed by atoms with van der Waals surface area (Å²) in [5, 5.41) is 3.52. The SMILES string of the molecule is CN=C(NCC1CC1)N1CCC(=Cc2ccccc2)CC1. The molecule has 2 aliphatic rings. The predicted molar refractivity (Wildman–Crippen MR) is 89.3 cm³/mol. The molecule has 1 aromatic carbocycles. The summed E-state index contributed by atoms with van der Waals surface area (Å²) in [7, 11) is 1.89. The lowest BCUT2D eigenvalue weighted by Gasteiger charge is -2.31. The van der Waals surface area contributed by atoms with Crippen molar-refractivity contribution in [2.75, 3.05) is 26.7 Å². The van der Waals surface area contributed by atoms with Crippen LogP contribution in [0.5, 0.6) is 0 Å². The number of piperidine rings is 1. The third-order valence-corrected chi connectivity index (χ3v) is 4.33. The second kappa shape index (κ2) is 6.79. The molecule has 0 spiro atoms. The van der Waals surface area contributed by atoms with Crippen molar-refractivity contribution < 1.29 is 0 Å². The van der Waals surface area contributed by atoms with Crippen LogP contribution in [0.1, 0.15) is 31.2 Å². The van der Waals surface area contributed by atoms with Crippen molar-refractivity contribution in [1.82, 2.24) is 10.2 Å². The van der Waals surface area contributed by atoms with Gasteiger partial charge in [0.1, 0.15) is 0 Å². The lowest BCUT2D eigenvalue weighted by atomic mass is 10.0. The first kappa shape index (κ1) is 14.2. The standard InChI is InChI=1S/C18H25N3/c1-19-18(20-14-17-7-8-17)21-11-9-16(10-12-21)13-15-5-3-2-4-6-15/h2-6,13,17H,7-12,14H2,1H3,(H,19,20). The summed E-state index contributed by atoms with van der Waals surface area (Å²) in [5.74, 6) is 1.97. The summed E-state index contributed by atoms with van der Waals surface area (Å²) >= 11 is 0. The van der Waals surface area contributed by atoms with Crippen LogP contribution in [0.4, 0.5) is 0 Å². The van der Waals surface area contributed by atoms with Gasteiger partial charge < -0.3 is 10.2 Å². The first-order valence-electron chi connectivity index (χ1n) is 8.05. The van der Waals surface area contributed by atoms with Gasteiger partial charge >= 0.3 is 0 Å². The molecule has 1 saturated heterocycles. The number of rotatable bonds is 3. The molecule has 0 radical (unpaired) electrons. The quantitative estimate of drug-likeness (QED) is 0.681. The van der Waals surface area contributed by atoms with Crippen LogP contribution in [0.3, 0.4) is 0 Å². The molecule has 1 heterocycles. The first-order valence-corrected chi connectivity index (χ1v) is 8.05. The molecular weight excluding hydrogens is 258 g/mol. The summed E-state index contributed by atoms with van der Waals surface area (Å²) in [4.78, 5) is 6.83. The first-order chi connectivity index (χ1) is 10.3. The molecule has 0 bridgehead atoms. The van der Waals surface area contributed by atoms with Crippen LogP contribution in [0, 0.1) is 5.92 Å². The van der Waals surface area contributed by atoms with Crippen molar-refractivity contribution in [3.8, 4) is 0 Å². The fourth-order valence-corrected chi connectivity index (χ4v) is 2.82. The van der Waals surface area contributed by atoms with Crippen LogP contribution in [-0.2, 0) is 0 Å². The van der Waals surface area contributed by atoms with E-state index in [2.05, 4.69) is 51.6 Å². The van der Waals surface area contributed by atoms with Gasteiger partial charge in [-0.25, -0.2) is 0 Å². The fourth-order valence-electron chi connectivity index (χ4n) is 2.82. The highest BCUT2D eigenvalue weighted by Crippen LogP contribution is 2.27. The molecular formula is C18H25N3. The molecule has 1 aliphatic heterocycles. The van der Waals surface area contributed by atoms with Gasteiger partial charge in [0.25, 0.3) is 0 Å². The van der Waals surface area contributed by atoms with Crippen LogP contribution in [0.15, 0.2) is 40.9 Å². The molecule has 21 heavy (non-hydrogen) atoms. The van der Waals surface area contributed by atoms with Crippen molar-refractivity contribution >= 4 is 12.0 Å². The largest absolute Gasteiger partial charge is 0.356 e. The zero-order valence-electron chi connectivity index (χ0n) is 12.9. The number of nitrogens with one attached hydrogen (secondary N) is 1. The summed E-state index contributed by atoms with van der Waals surface area (Å²) in [6, 6.07) is 10.6. The molecule has 1 saturated carbocycles. The minimum Gasteiger partial charge on any atom is -0.356 e. The molecule has 0 aromatic heterocycles. The Morgan fingerprint density at radius 2 is 1.95 bits per heavy atom. The molecule has 0 atom stereocenters. The average molecular weight is 283 g/mol. The molecule has 3 rings (SSSR count). The van der Waals surface area contributed by atoms with Gasteiger partial charge in [0, 0.05) is 26.7 Å². The zero-order valence-corrected chi connectivity index (χ0v) is 12.9. The number of hydrogen-bond donors (Lipinski definition) is 1. The van der Waals surface area contributed by atoms with Crippen LogP contribution in [0.2, 0.25) is 0 Å². The number of benzene rings is 1. The van der Waals surface area contributed by atoms with Crippen molar-refractivity contribution in [2.45, 2.75) is 25.7 Å². The highest BCUT2D eigenvalue weighted by Gasteiger charge is 2.23. The molecule has 0 amide bonds. The number of nitrogens with zero attached hydrogens (tertiary/aromatic N) is 2. The van der Waals surface area contributed by atoms with Crippen molar-refractivity contribution in [3.05, 3.63) is 41.5 Å². The van der Waals surface area contributed by atoms with Crippen molar-refractivity contribution in [3.63, 3.8) is 0 Å². The maximum Gasteiger partial charge on any atom is 0.193 e. The highest BCUT2D eigenvalue weighted by molar-refractivity contribution is 5.80. The highest BCUT2D eigenvalue weighted by atomic mass is 15.3. The number of hydrogen-bond acceptors (Lipinski definition) is 1. The second-order valence-electron chi connectivity index (χ2n) is 6.07. The van der Waals surface area contributed by atoms with E-state index in [0.717, 1.165) is 44.4 Å². The number of likely N-dealkylation sites (tertiary alicyclic amines) is 1. The van der Waals surface area contributed by atoms with Crippen LogP contribution >= 0.6 is 0 Å². The molecule has 112 valence electrons. The van der Waals surface area contributed by atoms with Gasteiger partial charge in [-0.05, 0) is 37.2 Å². The molecule has 1 N–H and O–H groups in total. The lowest BCUT2D eigenvalue weighted by molar-refractivity contribution is 0.375. The van der Waals surface area contributed by atoms with E-state index in [-0.39, 0.29) is 0 Å². The zero-order chi connectivity index (χ0) is 14.5. The topological polar surface area (TPSA) is 27.6 Å². The Morgan fingerprint density at radius 3 is 2.57 bits per heavy atom. The van der Waals surface area contributed by atoms with E-state index in [9.17, 15) is 0 Å². The smallest absolute Gasteiger partial charge is 0.193 e. The van der Waals surface area contributed by atoms with E-state index >= 15 is 0 Å². The Labute approximate surface area is 127 Å². The van der Waals surface area contributed by atoms with E-state index in [1.165, 1.54) is 18.4 Å². The molecule has 3 nitrogen and oxygen atoms in total. The normalized spacial score (nSPS) is 19.6. The van der Waals surface area contributed by atoms with Crippen LogP contribution < -0.4 is 5.32 Å². The predicted octanol–water partition coefficient (Wildman–Crippen LogP) is 3.15. The van der Waals surface area contributed by atoms with Crippen molar-refractivity contribution in [2.24, 2.45) is 10.9 Å². The lowest BCUT2D eigenvalue weighted by Crippen LogP contribution is -2.45. The maximum absolute atomic E-state index is 4.43. The average Bonchev–Trinajstić information content (AvgIpc) is 3.35. The van der Waals surface area contributed by atoms with Gasteiger partial charge in [-0.1, -0.05) is 42.0 Å². The van der Waals surface area contributed by atoms with Gasteiger partial charge in [0.15, 0.2) is 5.96 Å². The Morgan fingerprint density at radius 1 is 1.24 bits per heavy atom. The monoisotopic (exact) mass is 283 g/mol. The molecule has 1 aromatic rings. The van der Waals surface area contributed by atoms with E-state index in [4.69, 9.17) is 0 Å². The Bertz CT molecular complexity index is 505. The molecule has 0 unspecified atom stereocenters. The Hall–Kier alpha value is -1.77. The minimum atomic E-state index is 0.889. The van der Waals surface area contributed by atoms with Gasteiger partial charge in [0.2, 0.25) is 0 Å². The van der Waals surface area contributed by atoms with Gasteiger partial charge in [-0.2, -0.15) is 0 Å². The third-order valence-electron chi connectivity index (χ3n) is 4.33. The molecule has 3 heteroatoms. The van der Waals surface area contributed by atoms with Crippen molar-refractivity contribution in [1.29, 1.82) is 0 Å². The Kier molecular flexibility index (Phi) is 4.59. The minimum absolute atomic E-state index is 0.889. The van der Waals surface area contributed by atoms with Gasteiger partial charge in [0.05, 0.1) is 0 Å². The van der Waals surface area contributed by atoms with E-state index in [1.54, 1.807) is 5.57 Å². The van der Waals surface area contributed by atoms with E-state index in [1.807, 2.05) is 7.05 Å². The third kappa shape index (κ3) is 4.10. The number of aliphatic imine (C=N–C) groups is 1. The second-order valence-corrected chi connectivity index (χ2v) is 6.07. The molecule has 1 aliphatic carbocycles. The summed E-state index contributed by atoms with van der Waals surface area (Å²) < 4.78 is 0. The fraction of sp³-hybridized carbons (Fsp3) is 0.500. The van der Waals surface area contributed by atoms with Gasteiger partial charge in [-0.3, -0.25) is 4.99 Å². The van der Waals surface area contributed by atoms with Crippen LogP contribution in [-0.4, -0.2) is 37.5 Å². The summed E-state index contributed by atoms with van der Waals surface area (Å²) in [6.45, 7) is 3.24. The van der Waals surface area contributed by atoms with E-state index < -0.39 is 0 Å². The molecule has 2 fully saturated rings.